The molecule has 0 bridgehead atoms. The fourth-order valence-corrected chi connectivity index (χ4v) is 3.71. The van der Waals surface area contributed by atoms with E-state index in [0.29, 0.717) is 11.6 Å². The molecule has 0 radical (unpaired) electrons. The van der Waals surface area contributed by atoms with Crippen LogP contribution in [0.25, 0.3) is 0 Å². The summed E-state index contributed by atoms with van der Waals surface area (Å²) in [5.74, 6) is -1.90. The molecular formula is C21H19ClFN5O3. The molecule has 2 heterocycles. The van der Waals surface area contributed by atoms with Crippen LogP contribution in [0, 0.1) is 5.82 Å². The van der Waals surface area contributed by atoms with Gasteiger partial charge in [0, 0.05) is 5.69 Å². The number of carbonyl (C=O) groups excluding carboxylic acids is 3. The van der Waals surface area contributed by atoms with Gasteiger partial charge in [0.2, 0.25) is 5.91 Å². The van der Waals surface area contributed by atoms with Gasteiger partial charge in [-0.1, -0.05) is 42.8 Å². The van der Waals surface area contributed by atoms with Gasteiger partial charge >= 0.3 is 0 Å². The molecule has 1 saturated heterocycles. The summed E-state index contributed by atoms with van der Waals surface area (Å²) in [5, 5.41) is 11.4. The molecule has 0 aromatic heterocycles. The highest BCUT2D eigenvalue weighted by molar-refractivity contribution is 6.32. The van der Waals surface area contributed by atoms with E-state index in [4.69, 9.17) is 11.6 Å². The Morgan fingerprint density at radius 3 is 2.52 bits per heavy atom. The molecule has 2 aromatic carbocycles. The second-order valence-electron chi connectivity index (χ2n) is 7.63. The maximum atomic E-state index is 13.5. The zero-order valence-electron chi connectivity index (χ0n) is 16.8. The molecule has 0 saturated carbocycles. The summed E-state index contributed by atoms with van der Waals surface area (Å²) in [7, 11) is 0. The molecule has 2 aliphatic heterocycles. The Bertz CT molecular complexity index is 1090. The Kier molecular flexibility index (Phi) is 5.45. The first-order valence-corrected chi connectivity index (χ1v) is 10.0. The van der Waals surface area contributed by atoms with Gasteiger partial charge < -0.3 is 5.32 Å². The van der Waals surface area contributed by atoms with Crippen LogP contribution in [0.1, 0.15) is 25.3 Å². The van der Waals surface area contributed by atoms with E-state index < -0.39 is 35.6 Å². The SMILES string of the molecule is CC(C)c1ccc(NC(=O)CN2N=N[C@@H]3C(=O)N(c4ccc(F)c(Cl)c4)C(=O)[C@H]32)cc1. The first kappa shape index (κ1) is 20.9. The highest BCUT2D eigenvalue weighted by Crippen LogP contribution is 2.33. The zero-order chi connectivity index (χ0) is 22.3. The fraction of sp³-hybridized carbons (Fsp3) is 0.286. The van der Waals surface area contributed by atoms with Crippen molar-refractivity contribution in [3.63, 3.8) is 0 Å². The number of anilines is 2. The molecule has 8 nitrogen and oxygen atoms in total. The van der Waals surface area contributed by atoms with Crippen molar-refractivity contribution in [2.24, 2.45) is 10.3 Å². The first-order chi connectivity index (χ1) is 14.8. The Labute approximate surface area is 182 Å². The number of hydrogen-bond donors (Lipinski definition) is 1. The van der Waals surface area contributed by atoms with Gasteiger partial charge in [-0.05, 0) is 41.8 Å². The molecule has 1 fully saturated rings. The van der Waals surface area contributed by atoms with E-state index in [9.17, 15) is 18.8 Å². The molecule has 3 amide bonds. The lowest BCUT2D eigenvalue weighted by Gasteiger charge is -2.20. The summed E-state index contributed by atoms with van der Waals surface area (Å²) in [4.78, 5) is 39.0. The van der Waals surface area contributed by atoms with Crippen LogP contribution in [-0.4, -0.2) is 41.4 Å². The number of nitrogens with one attached hydrogen (secondary N) is 1. The maximum Gasteiger partial charge on any atom is 0.263 e. The smallest absolute Gasteiger partial charge is 0.263 e. The summed E-state index contributed by atoms with van der Waals surface area (Å²) in [5.41, 5.74) is 1.89. The van der Waals surface area contributed by atoms with Crippen molar-refractivity contribution in [1.29, 1.82) is 0 Å². The third-order valence-corrected chi connectivity index (χ3v) is 5.48. The number of benzene rings is 2. The number of hydrogen-bond acceptors (Lipinski definition) is 6. The van der Waals surface area contributed by atoms with Gasteiger partial charge in [-0.2, -0.15) is 5.11 Å². The lowest BCUT2D eigenvalue weighted by atomic mass is 10.0. The van der Waals surface area contributed by atoms with E-state index in [-0.39, 0.29) is 17.3 Å². The minimum absolute atomic E-state index is 0.139. The number of halogens is 2. The molecule has 0 aliphatic carbocycles. The number of rotatable bonds is 5. The molecular weight excluding hydrogens is 425 g/mol. The average Bonchev–Trinajstić information content (AvgIpc) is 3.24. The Balaban J connectivity index is 1.46. The van der Waals surface area contributed by atoms with E-state index in [1.54, 1.807) is 12.1 Å². The van der Waals surface area contributed by atoms with Crippen molar-refractivity contribution in [2.75, 3.05) is 16.8 Å². The van der Waals surface area contributed by atoms with Gasteiger partial charge in [0.15, 0.2) is 12.1 Å². The second-order valence-corrected chi connectivity index (χ2v) is 8.03. The lowest BCUT2D eigenvalue weighted by molar-refractivity contribution is -0.123. The topological polar surface area (TPSA) is 94.4 Å². The monoisotopic (exact) mass is 443 g/mol. The van der Waals surface area contributed by atoms with Crippen LogP contribution in [-0.2, 0) is 14.4 Å². The quantitative estimate of drug-likeness (QED) is 0.715. The van der Waals surface area contributed by atoms with E-state index in [2.05, 4.69) is 29.5 Å². The van der Waals surface area contributed by atoms with Gasteiger partial charge in [-0.25, -0.2) is 9.29 Å². The Hall–Kier alpha value is -3.33. The van der Waals surface area contributed by atoms with Crippen molar-refractivity contribution in [2.45, 2.75) is 31.8 Å². The van der Waals surface area contributed by atoms with Crippen molar-refractivity contribution in [3.05, 3.63) is 58.9 Å². The summed E-state index contributed by atoms with van der Waals surface area (Å²) in [6, 6.07) is 8.91. The molecule has 0 unspecified atom stereocenters. The van der Waals surface area contributed by atoms with Crippen LogP contribution in [0.15, 0.2) is 52.8 Å². The number of nitrogens with zero attached hydrogens (tertiary/aromatic N) is 4. The van der Waals surface area contributed by atoms with E-state index in [1.807, 2.05) is 12.1 Å². The highest BCUT2D eigenvalue weighted by atomic mass is 35.5. The fourth-order valence-electron chi connectivity index (χ4n) is 3.53. The summed E-state index contributed by atoms with van der Waals surface area (Å²) in [6.45, 7) is 3.89. The van der Waals surface area contributed by atoms with Gasteiger partial charge in [0.05, 0.1) is 10.7 Å². The number of fused-ring (bicyclic) bond motifs is 1. The Morgan fingerprint density at radius 2 is 1.87 bits per heavy atom. The van der Waals surface area contributed by atoms with E-state index in [1.165, 1.54) is 17.1 Å². The van der Waals surface area contributed by atoms with Crippen LogP contribution in [0.5, 0.6) is 0 Å². The second kappa shape index (κ2) is 8.07. The van der Waals surface area contributed by atoms with Crippen LogP contribution in [0.3, 0.4) is 0 Å². The summed E-state index contributed by atoms with van der Waals surface area (Å²) >= 11 is 5.78. The first-order valence-electron chi connectivity index (χ1n) is 9.66. The number of imide groups is 1. The van der Waals surface area contributed by atoms with Crippen molar-refractivity contribution >= 4 is 40.7 Å². The number of carbonyl (C=O) groups is 3. The van der Waals surface area contributed by atoms with Crippen molar-refractivity contribution < 1.29 is 18.8 Å². The zero-order valence-corrected chi connectivity index (χ0v) is 17.5. The van der Waals surface area contributed by atoms with Gasteiger partial charge in [-0.15, -0.1) is 0 Å². The van der Waals surface area contributed by atoms with Gasteiger partial charge in [-0.3, -0.25) is 19.4 Å². The molecule has 4 rings (SSSR count). The van der Waals surface area contributed by atoms with Gasteiger partial charge in [0.1, 0.15) is 12.4 Å². The largest absolute Gasteiger partial charge is 0.324 e. The summed E-state index contributed by atoms with van der Waals surface area (Å²) < 4.78 is 13.5. The molecule has 2 atom stereocenters. The minimum Gasteiger partial charge on any atom is -0.324 e. The van der Waals surface area contributed by atoms with Crippen LogP contribution < -0.4 is 10.2 Å². The average molecular weight is 444 g/mol. The number of amides is 3. The lowest BCUT2D eigenvalue weighted by Crippen LogP contribution is -2.43. The van der Waals surface area contributed by atoms with E-state index >= 15 is 0 Å². The molecule has 0 spiro atoms. The van der Waals surface area contributed by atoms with Crippen molar-refractivity contribution in [1.82, 2.24) is 5.01 Å². The predicted octanol–water partition coefficient (Wildman–Crippen LogP) is 3.53. The minimum atomic E-state index is -1.06. The molecule has 160 valence electrons. The normalized spacial score (nSPS) is 20.0. The highest BCUT2D eigenvalue weighted by Gasteiger charge is 2.55. The van der Waals surface area contributed by atoms with Crippen LogP contribution >= 0.6 is 11.6 Å². The third-order valence-electron chi connectivity index (χ3n) is 5.19. The summed E-state index contributed by atoms with van der Waals surface area (Å²) in [6.07, 6.45) is 0. The van der Waals surface area contributed by atoms with Gasteiger partial charge in [0.25, 0.3) is 11.8 Å². The van der Waals surface area contributed by atoms with Crippen LogP contribution in [0.2, 0.25) is 5.02 Å². The standard InChI is InChI=1S/C21H19ClFN5O3/c1-11(2)12-3-5-13(6-4-12)24-17(29)10-27-19-18(25-26-27)20(30)28(21(19)31)14-7-8-16(23)15(22)9-14/h3-9,11,18-19H,10H2,1-2H3,(H,24,29)/t18-,19-/m0/s1. The molecule has 2 aromatic rings. The third kappa shape index (κ3) is 3.88. The molecule has 2 aliphatic rings. The maximum absolute atomic E-state index is 13.5. The predicted molar refractivity (Wildman–Crippen MR) is 112 cm³/mol. The molecule has 31 heavy (non-hydrogen) atoms. The van der Waals surface area contributed by atoms with Crippen LogP contribution in [0.4, 0.5) is 15.8 Å². The molecule has 1 N–H and O–H groups in total. The van der Waals surface area contributed by atoms with E-state index in [0.717, 1.165) is 16.5 Å². The molecule has 10 heteroatoms. The Morgan fingerprint density at radius 1 is 1.16 bits per heavy atom. The van der Waals surface area contributed by atoms with Crippen molar-refractivity contribution in [3.8, 4) is 0 Å².